The normalized spacial score (nSPS) is 10.8. The van der Waals surface area contributed by atoms with E-state index in [2.05, 4.69) is 9.97 Å². The van der Waals surface area contributed by atoms with Crippen LogP contribution in [-0.4, -0.2) is 42.1 Å². The number of pyridine rings is 1. The Balaban J connectivity index is 1.87. The summed E-state index contributed by atoms with van der Waals surface area (Å²) in [5, 5.41) is 0.803. The topological polar surface area (TPSA) is 81.6 Å². The highest BCUT2D eigenvalue weighted by atomic mass is 32.1. The maximum atomic E-state index is 13.2. The molecule has 0 atom stereocenters. The number of rotatable bonds is 8. The lowest BCUT2D eigenvalue weighted by Crippen LogP contribution is -2.33. The Hall–Kier alpha value is -2.84. The van der Waals surface area contributed by atoms with E-state index in [1.807, 2.05) is 30.3 Å². The minimum atomic E-state index is -0.339. The average molecular weight is 399 g/mol. The number of para-hydroxylation sites is 1. The second kappa shape index (κ2) is 9.38. The summed E-state index contributed by atoms with van der Waals surface area (Å²) < 4.78 is 10.1. The Kier molecular flexibility index (Phi) is 6.67. The summed E-state index contributed by atoms with van der Waals surface area (Å²) in [5.41, 5.74) is 1.77. The summed E-state index contributed by atoms with van der Waals surface area (Å²) in [5.74, 6) is -0.584. The summed E-state index contributed by atoms with van der Waals surface area (Å²) in [4.78, 5) is 36.1. The Bertz CT molecular complexity index is 958. The van der Waals surface area contributed by atoms with Gasteiger partial charge in [0, 0.05) is 25.5 Å². The maximum Gasteiger partial charge on any atom is 0.307 e. The van der Waals surface area contributed by atoms with Crippen LogP contribution in [0, 0.1) is 0 Å². The van der Waals surface area contributed by atoms with Gasteiger partial charge < -0.3 is 14.4 Å². The van der Waals surface area contributed by atoms with Crippen LogP contribution in [-0.2, 0) is 20.9 Å². The molecule has 0 radical (unpaired) electrons. The zero-order chi connectivity index (χ0) is 19.9. The summed E-state index contributed by atoms with van der Waals surface area (Å²) >= 11 is 1.43. The van der Waals surface area contributed by atoms with E-state index in [-0.39, 0.29) is 24.8 Å². The first kappa shape index (κ1) is 19.9. The summed E-state index contributed by atoms with van der Waals surface area (Å²) in [6, 6.07) is 10.9. The van der Waals surface area contributed by atoms with Crippen molar-refractivity contribution in [3.63, 3.8) is 0 Å². The number of hydrogen-bond donors (Lipinski definition) is 0. The van der Waals surface area contributed by atoms with E-state index in [9.17, 15) is 9.59 Å². The van der Waals surface area contributed by atoms with Gasteiger partial charge in [0.15, 0.2) is 0 Å². The second-order valence-corrected chi connectivity index (χ2v) is 7.00. The van der Waals surface area contributed by atoms with Crippen molar-refractivity contribution in [2.75, 3.05) is 25.2 Å². The molecule has 0 bridgehead atoms. The predicted octanol–water partition coefficient (Wildman–Crippen LogP) is 3.44. The van der Waals surface area contributed by atoms with Gasteiger partial charge in [-0.3, -0.25) is 9.59 Å². The van der Waals surface area contributed by atoms with Crippen LogP contribution < -0.4 is 4.90 Å². The number of hydrogen-bond acceptors (Lipinski definition) is 7. The third-order valence-electron chi connectivity index (χ3n) is 3.96. The van der Waals surface area contributed by atoms with Crippen LogP contribution in [0.4, 0.5) is 5.69 Å². The van der Waals surface area contributed by atoms with Gasteiger partial charge in [-0.25, -0.2) is 9.97 Å². The van der Waals surface area contributed by atoms with Crippen LogP contribution in [0.5, 0.6) is 0 Å². The van der Waals surface area contributed by atoms with Crippen molar-refractivity contribution in [2.24, 2.45) is 0 Å². The molecule has 2 aromatic heterocycles. The van der Waals surface area contributed by atoms with Crippen molar-refractivity contribution >= 4 is 39.2 Å². The average Bonchev–Trinajstić information content (AvgIpc) is 3.11. The van der Waals surface area contributed by atoms with Crippen molar-refractivity contribution in [3.05, 3.63) is 53.2 Å². The van der Waals surface area contributed by atoms with Crippen LogP contribution in [0.25, 0.3) is 10.3 Å². The molecule has 0 aliphatic rings. The van der Waals surface area contributed by atoms with Crippen LogP contribution in [0.1, 0.15) is 28.7 Å². The molecule has 1 amide bonds. The number of amides is 1. The smallest absolute Gasteiger partial charge is 0.307 e. The Morgan fingerprint density at radius 3 is 2.71 bits per heavy atom. The largest absolute Gasteiger partial charge is 0.466 e. The van der Waals surface area contributed by atoms with Gasteiger partial charge in [-0.15, -0.1) is 0 Å². The lowest BCUT2D eigenvalue weighted by atomic mass is 10.2. The van der Waals surface area contributed by atoms with Crippen LogP contribution in [0.2, 0.25) is 0 Å². The van der Waals surface area contributed by atoms with Crippen LogP contribution in [0.15, 0.2) is 42.6 Å². The number of carbonyl (C=O) groups is 2. The number of benzene rings is 1. The minimum absolute atomic E-state index is 0.110. The van der Waals surface area contributed by atoms with Crippen LogP contribution in [0.3, 0.4) is 0 Å². The maximum absolute atomic E-state index is 13.2. The van der Waals surface area contributed by atoms with Gasteiger partial charge in [0.25, 0.3) is 5.91 Å². The number of esters is 1. The van der Waals surface area contributed by atoms with Crippen molar-refractivity contribution in [3.8, 4) is 0 Å². The molecular weight excluding hydrogens is 378 g/mol. The Morgan fingerprint density at radius 1 is 1.21 bits per heavy atom. The van der Waals surface area contributed by atoms with Crippen molar-refractivity contribution in [1.82, 2.24) is 9.97 Å². The van der Waals surface area contributed by atoms with Crippen molar-refractivity contribution < 1.29 is 19.1 Å². The molecule has 0 spiro atoms. The lowest BCUT2D eigenvalue weighted by molar-refractivity contribution is -0.142. The number of ether oxygens (including phenoxy) is 2. The highest BCUT2D eigenvalue weighted by molar-refractivity contribution is 7.18. The molecule has 3 rings (SSSR count). The first-order valence-corrected chi connectivity index (χ1v) is 9.71. The molecule has 0 aliphatic carbocycles. The minimum Gasteiger partial charge on any atom is -0.466 e. The van der Waals surface area contributed by atoms with Gasteiger partial charge in [-0.2, -0.15) is 0 Å². The first-order valence-electron chi connectivity index (χ1n) is 8.89. The van der Waals surface area contributed by atoms with Gasteiger partial charge in [-0.1, -0.05) is 29.5 Å². The third kappa shape index (κ3) is 4.71. The van der Waals surface area contributed by atoms with E-state index < -0.39 is 0 Å². The zero-order valence-corrected chi connectivity index (χ0v) is 16.6. The van der Waals surface area contributed by atoms with E-state index >= 15 is 0 Å². The molecule has 0 N–H and O–H groups in total. The van der Waals surface area contributed by atoms with Gasteiger partial charge in [0.05, 0.1) is 25.2 Å². The molecule has 3 aromatic rings. The zero-order valence-electron chi connectivity index (χ0n) is 15.8. The van der Waals surface area contributed by atoms with E-state index in [4.69, 9.17) is 9.47 Å². The number of anilines is 1. The molecule has 8 heteroatoms. The van der Waals surface area contributed by atoms with Gasteiger partial charge in [0.1, 0.15) is 15.4 Å². The predicted molar refractivity (Wildman–Crippen MR) is 107 cm³/mol. The summed E-state index contributed by atoms with van der Waals surface area (Å²) in [6.07, 6.45) is 1.65. The van der Waals surface area contributed by atoms with E-state index in [0.29, 0.717) is 30.0 Å². The van der Waals surface area contributed by atoms with Gasteiger partial charge in [-0.05, 0) is 25.1 Å². The molecule has 2 heterocycles. The summed E-state index contributed by atoms with van der Waals surface area (Å²) in [7, 11) is 1.61. The quantitative estimate of drug-likeness (QED) is 0.540. The van der Waals surface area contributed by atoms with E-state index in [0.717, 1.165) is 9.84 Å². The van der Waals surface area contributed by atoms with Crippen molar-refractivity contribution in [2.45, 2.75) is 20.0 Å². The van der Waals surface area contributed by atoms with E-state index in [1.165, 1.54) is 11.3 Å². The molecule has 0 aliphatic heterocycles. The SMILES string of the molecule is CCOC(=O)CCN(C(=O)c1cnc2sc(COC)nc2c1)c1ccccc1. The fraction of sp³-hybridized carbons (Fsp3) is 0.300. The molecule has 28 heavy (non-hydrogen) atoms. The molecular formula is C20H21N3O4S. The molecule has 0 unspecified atom stereocenters. The fourth-order valence-corrected chi connectivity index (χ4v) is 3.58. The Labute approximate surface area is 166 Å². The number of nitrogens with zero attached hydrogens (tertiary/aromatic N) is 3. The summed E-state index contributed by atoms with van der Waals surface area (Å²) in [6.45, 7) is 2.68. The number of carbonyl (C=O) groups excluding carboxylic acids is 2. The number of fused-ring (bicyclic) bond motifs is 1. The first-order chi connectivity index (χ1) is 13.6. The number of aromatic nitrogens is 2. The molecule has 0 saturated carbocycles. The fourth-order valence-electron chi connectivity index (χ4n) is 2.72. The molecule has 1 aromatic carbocycles. The number of methoxy groups -OCH3 is 1. The van der Waals surface area contributed by atoms with Crippen molar-refractivity contribution in [1.29, 1.82) is 0 Å². The Morgan fingerprint density at radius 2 is 2.00 bits per heavy atom. The monoisotopic (exact) mass is 399 g/mol. The highest BCUT2D eigenvalue weighted by Crippen LogP contribution is 2.23. The second-order valence-electron chi connectivity index (χ2n) is 5.94. The molecule has 146 valence electrons. The number of thiazole rings is 1. The van der Waals surface area contributed by atoms with Crippen LogP contribution >= 0.6 is 11.3 Å². The third-order valence-corrected chi connectivity index (χ3v) is 4.92. The van der Waals surface area contributed by atoms with E-state index in [1.54, 1.807) is 31.2 Å². The molecule has 0 fully saturated rings. The molecule has 0 saturated heterocycles. The van der Waals surface area contributed by atoms with Gasteiger partial charge >= 0.3 is 5.97 Å². The standard InChI is InChI=1S/C20H21N3O4S/c1-3-27-18(24)9-10-23(15-7-5-4-6-8-15)20(25)14-11-16-19(21-12-14)28-17(22-16)13-26-2/h4-8,11-12H,3,9-10,13H2,1-2H3. The molecule has 7 nitrogen and oxygen atoms in total. The highest BCUT2D eigenvalue weighted by Gasteiger charge is 2.20. The lowest BCUT2D eigenvalue weighted by Gasteiger charge is -2.22. The van der Waals surface area contributed by atoms with Gasteiger partial charge in [0.2, 0.25) is 0 Å².